The fourth-order valence-electron chi connectivity index (χ4n) is 4.76. The van der Waals surface area contributed by atoms with Crippen LogP contribution in [0.15, 0.2) is 46.1 Å². The molecule has 0 saturated carbocycles. The summed E-state index contributed by atoms with van der Waals surface area (Å²) in [6, 6.07) is 5.71. The molecule has 1 aromatic carbocycles. The van der Waals surface area contributed by atoms with Crippen LogP contribution >= 0.6 is 0 Å². The Morgan fingerprint density at radius 3 is 2.64 bits per heavy atom. The molecule has 0 unspecified atom stereocenters. The largest absolute Gasteiger partial charge is 0.496 e. The lowest BCUT2D eigenvalue weighted by Gasteiger charge is -2.42. The van der Waals surface area contributed by atoms with Crippen LogP contribution in [0.2, 0.25) is 0 Å². The summed E-state index contributed by atoms with van der Waals surface area (Å²) in [5.74, 6) is 1.42. The van der Waals surface area contributed by atoms with E-state index in [4.69, 9.17) is 14.0 Å². The molecule has 0 bridgehead atoms. The van der Waals surface area contributed by atoms with Gasteiger partial charge in [0.1, 0.15) is 12.3 Å². The van der Waals surface area contributed by atoms with Gasteiger partial charge in [0.2, 0.25) is 5.91 Å². The first-order chi connectivity index (χ1) is 18.3. The number of oxazole rings is 1. The highest BCUT2D eigenvalue weighted by molar-refractivity contribution is 6.03. The summed E-state index contributed by atoms with van der Waals surface area (Å²) in [5, 5.41) is 4.44. The number of rotatable bonds is 5. The molecular weight excluding hydrogens is 515 g/mol. The Labute approximate surface area is 225 Å². The van der Waals surface area contributed by atoms with E-state index in [-0.39, 0.29) is 23.9 Å². The number of hydrogen-bond acceptors (Lipinski definition) is 8. The second-order valence-corrected chi connectivity index (χ2v) is 10.4. The zero-order valence-corrected chi connectivity index (χ0v) is 22.8. The maximum atomic E-state index is 13.6. The number of amides is 1. The van der Waals surface area contributed by atoms with Crippen molar-refractivity contribution >= 4 is 17.3 Å². The molecule has 212 valence electrons. The lowest BCUT2D eigenvalue weighted by atomic mass is 9.97. The van der Waals surface area contributed by atoms with Crippen molar-refractivity contribution in [1.82, 2.24) is 15.1 Å². The van der Waals surface area contributed by atoms with Crippen molar-refractivity contribution in [3.05, 3.63) is 42.4 Å². The number of alkyl halides is 3. The lowest BCUT2D eigenvalue weighted by molar-refractivity contribution is -0.239. The molecule has 2 aliphatic rings. The van der Waals surface area contributed by atoms with Gasteiger partial charge in [0.25, 0.3) is 0 Å². The monoisotopic (exact) mass is 549 g/mol. The number of benzene rings is 1. The normalized spacial score (nSPS) is 20.4. The van der Waals surface area contributed by atoms with Crippen molar-refractivity contribution in [1.29, 1.82) is 0 Å². The number of hydrogen-bond donors (Lipinski definition) is 0. The molecule has 1 saturated heterocycles. The third kappa shape index (κ3) is 6.55. The third-order valence-electron chi connectivity index (χ3n) is 6.85. The molecule has 1 fully saturated rings. The van der Waals surface area contributed by atoms with Gasteiger partial charge < -0.3 is 19.0 Å². The van der Waals surface area contributed by atoms with Gasteiger partial charge in [0, 0.05) is 44.4 Å². The van der Waals surface area contributed by atoms with Gasteiger partial charge in [-0.05, 0) is 51.3 Å². The number of carbonyl (C=O) groups excluding carboxylic acids is 1. The quantitative estimate of drug-likeness (QED) is 0.521. The van der Waals surface area contributed by atoms with E-state index in [1.165, 1.54) is 0 Å². The SMILES string of the molecule is C=C1CCC(C)(C)ON(CC(=O)N2CCN(c3ccc(-c4cnc(C)o4)c(OC)c3)[C@@H](C)C2)N=C1C(F)(F)F. The molecule has 1 aromatic heterocycles. The summed E-state index contributed by atoms with van der Waals surface area (Å²) in [6.45, 7) is 11.7. The van der Waals surface area contributed by atoms with Crippen molar-refractivity contribution in [2.75, 3.05) is 38.2 Å². The summed E-state index contributed by atoms with van der Waals surface area (Å²) in [6.07, 6.45) is -2.66. The van der Waals surface area contributed by atoms with Crippen LogP contribution < -0.4 is 9.64 Å². The number of anilines is 1. The fraction of sp³-hybridized carbons (Fsp3) is 0.519. The summed E-state index contributed by atoms with van der Waals surface area (Å²) < 4.78 is 52.0. The maximum absolute atomic E-state index is 13.6. The molecule has 9 nitrogen and oxygen atoms in total. The second-order valence-electron chi connectivity index (χ2n) is 10.4. The van der Waals surface area contributed by atoms with Crippen LogP contribution in [0.1, 0.15) is 39.5 Å². The molecule has 2 aliphatic heterocycles. The first-order valence-electron chi connectivity index (χ1n) is 12.7. The molecule has 0 spiro atoms. The average Bonchev–Trinajstić information content (AvgIpc) is 3.29. The fourth-order valence-corrected chi connectivity index (χ4v) is 4.76. The Hall–Kier alpha value is -3.54. The minimum absolute atomic E-state index is 0.0653. The number of ether oxygens (including phenoxy) is 1. The van der Waals surface area contributed by atoms with Gasteiger partial charge in [-0.25, -0.2) is 9.82 Å². The van der Waals surface area contributed by atoms with Gasteiger partial charge >= 0.3 is 6.18 Å². The van der Waals surface area contributed by atoms with E-state index in [0.29, 0.717) is 43.5 Å². The van der Waals surface area contributed by atoms with Gasteiger partial charge in [-0.3, -0.25) is 4.79 Å². The van der Waals surface area contributed by atoms with E-state index in [2.05, 4.69) is 21.6 Å². The van der Waals surface area contributed by atoms with Gasteiger partial charge in [-0.1, -0.05) is 6.58 Å². The Bertz CT molecular complexity index is 1260. The van der Waals surface area contributed by atoms with E-state index >= 15 is 0 Å². The molecular formula is C27H34F3N5O4. The highest BCUT2D eigenvalue weighted by atomic mass is 19.4. The summed E-state index contributed by atoms with van der Waals surface area (Å²) in [5.41, 5.74) is -0.370. The molecule has 1 atom stereocenters. The molecule has 12 heteroatoms. The maximum Gasteiger partial charge on any atom is 0.435 e. The summed E-state index contributed by atoms with van der Waals surface area (Å²) in [4.78, 5) is 26.8. The van der Waals surface area contributed by atoms with Crippen molar-refractivity contribution in [2.45, 2.75) is 58.4 Å². The number of methoxy groups -OCH3 is 1. The van der Waals surface area contributed by atoms with E-state index in [1.807, 2.05) is 25.1 Å². The van der Waals surface area contributed by atoms with Crippen molar-refractivity contribution in [2.24, 2.45) is 5.10 Å². The number of allylic oxidation sites excluding steroid dienone is 1. The average molecular weight is 550 g/mol. The van der Waals surface area contributed by atoms with Gasteiger partial charge in [-0.15, -0.1) is 5.10 Å². The first kappa shape index (κ1) is 28.5. The number of hydroxylamine groups is 1. The highest BCUT2D eigenvalue weighted by Gasteiger charge is 2.41. The molecule has 0 N–H and O–H groups in total. The number of aryl methyl sites for hydroxylation is 1. The van der Waals surface area contributed by atoms with Crippen LogP contribution in [-0.4, -0.2) is 77.8 Å². The number of hydrazone groups is 1. The Balaban J connectivity index is 1.46. The Kier molecular flexibility index (Phi) is 7.97. The van der Waals surface area contributed by atoms with E-state index in [1.54, 1.807) is 39.0 Å². The van der Waals surface area contributed by atoms with Gasteiger partial charge in [-0.2, -0.15) is 18.3 Å². The zero-order chi connectivity index (χ0) is 28.5. The molecule has 3 heterocycles. The Morgan fingerprint density at radius 1 is 1.28 bits per heavy atom. The smallest absolute Gasteiger partial charge is 0.435 e. The van der Waals surface area contributed by atoms with Crippen LogP contribution in [0.5, 0.6) is 5.75 Å². The van der Waals surface area contributed by atoms with Gasteiger partial charge in [0.05, 0.1) is 24.5 Å². The minimum Gasteiger partial charge on any atom is -0.496 e. The summed E-state index contributed by atoms with van der Waals surface area (Å²) in [7, 11) is 1.59. The van der Waals surface area contributed by atoms with Crippen LogP contribution in [-0.2, 0) is 9.63 Å². The van der Waals surface area contributed by atoms with Crippen molar-refractivity contribution in [3.8, 4) is 17.1 Å². The number of carbonyl (C=O) groups is 1. The zero-order valence-electron chi connectivity index (χ0n) is 22.8. The third-order valence-corrected chi connectivity index (χ3v) is 6.85. The lowest BCUT2D eigenvalue weighted by Crippen LogP contribution is -2.55. The molecule has 0 aliphatic carbocycles. The Morgan fingerprint density at radius 2 is 2.03 bits per heavy atom. The van der Waals surface area contributed by atoms with Crippen molar-refractivity contribution in [3.63, 3.8) is 0 Å². The minimum atomic E-state index is -4.70. The standard InChI is InChI=1S/C27H34F3N5O4/c1-17-9-10-26(4,5)39-35(32-25(17)27(28,29)30)16-24(36)33-11-12-34(18(2)15-33)20-7-8-21(22(13-20)37-6)23-14-31-19(3)38-23/h7-8,13-14,18H,1,9-12,15-16H2,2-6H3/t18-/m0/s1. The number of nitrogens with zero attached hydrogens (tertiary/aromatic N) is 5. The molecule has 0 radical (unpaired) electrons. The molecule has 39 heavy (non-hydrogen) atoms. The van der Waals surface area contributed by atoms with Crippen LogP contribution in [0, 0.1) is 6.92 Å². The van der Waals surface area contributed by atoms with Crippen LogP contribution in [0.4, 0.5) is 18.9 Å². The van der Waals surface area contributed by atoms with Gasteiger partial charge in [0.15, 0.2) is 17.4 Å². The molecule has 4 rings (SSSR count). The number of halogens is 3. The highest BCUT2D eigenvalue weighted by Crippen LogP contribution is 2.35. The van der Waals surface area contributed by atoms with E-state index in [0.717, 1.165) is 16.4 Å². The summed E-state index contributed by atoms with van der Waals surface area (Å²) >= 11 is 0. The van der Waals surface area contributed by atoms with Crippen molar-refractivity contribution < 1.29 is 32.0 Å². The van der Waals surface area contributed by atoms with E-state index in [9.17, 15) is 18.0 Å². The van der Waals surface area contributed by atoms with E-state index < -0.39 is 24.0 Å². The second kappa shape index (κ2) is 10.9. The number of aromatic nitrogens is 1. The van der Waals surface area contributed by atoms with Crippen LogP contribution in [0.3, 0.4) is 0 Å². The number of piperazine rings is 1. The topological polar surface area (TPSA) is 83.6 Å². The molecule has 1 amide bonds. The first-order valence-corrected chi connectivity index (χ1v) is 12.7. The van der Waals surface area contributed by atoms with Crippen LogP contribution in [0.25, 0.3) is 11.3 Å². The predicted octanol–water partition coefficient (Wildman–Crippen LogP) is 4.98. The molecule has 2 aromatic rings. The predicted molar refractivity (Wildman–Crippen MR) is 140 cm³/mol.